The predicted molar refractivity (Wildman–Crippen MR) is 126 cm³/mol. The number of aliphatic imine (C=N–C) groups is 1. The fraction of sp³-hybridized carbons (Fsp3) is 0.240. The van der Waals surface area contributed by atoms with Gasteiger partial charge in [0.05, 0.1) is 30.8 Å². The molecule has 2 aliphatic rings. The Bertz CT molecular complexity index is 1160. The molecule has 0 saturated heterocycles. The van der Waals surface area contributed by atoms with Gasteiger partial charge < -0.3 is 15.0 Å². The fourth-order valence-electron chi connectivity index (χ4n) is 3.93. The Morgan fingerprint density at radius 3 is 2.67 bits per heavy atom. The van der Waals surface area contributed by atoms with Gasteiger partial charge in [0.15, 0.2) is 5.17 Å². The maximum Gasteiger partial charge on any atom is 0.338 e. The molecular formula is C25H24FN3O3S. The summed E-state index contributed by atoms with van der Waals surface area (Å²) in [7, 11) is 1.32. The van der Waals surface area contributed by atoms with Crippen molar-refractivity contribution >= 4 is 28.8 Å². The van der Waals surface area contributed by atoms with Crippen LogP contribution in [0.3, 0.4) is 0 Å². The van der Waals surface area contributed by atoms with Crippen molar-refractivity contribution in [2.75, 3.05) is 7.11 Å². The Balaban J connectivity index is 1.64. The van der Waals surface area contributed by atoms with E-state index in [4.69, 9.17) is 4.74 Å². The highest BCUT2D eigenvalue weighted by molar-refractivity contribution is 8.16. The molecule has 0 aliphatic carbocycles. The smallest absolute Gasteiger partial charge is 0.338 e. The number of fused-ring (bicyclic) bond motifs is 1. The number of esters is 1. The molecule has 33 heavy (non-hydrogen) atoms. The van der Waals surface area contributed by atoms with Crippen LogP contribution in [0.25, 0.3) is 0 Å². The van der Waals surface area contributed by atoms with E-state index in [2.05, 4.69) is 10.3 Å². The van der Waals surface area contributed by atoms with Gasteiger partial charge in [0.25, 0.3) is 0 Å². The average molecular weight is 466 g/mol. The van der Waals surface area contributed by atoms with Crippen molar-refractivity contribution in [3.05, 3.63) is 93.9 Å². The number of hydrogen-bond acceptors (Lipinski definition) is 6. The molecule has 0 unspecified atom stereocenters. The summed E-state index contributed by atoms with van der Waals surface area (Å²) < 4.78 is 19.2. The first-order valence-electron chi connectivity index (χ1n) is 10.6. The van der Waals surface area contributed by atoms with Crippen LogP contribution in [-0.4, -0.2) is 29.1 Å². The lowest BCUT2D eigenvalue weighted by atomic mass is 9.93. The van der Waals surface area contributed by atoms with Crippen LogP contribution in [0.5, 0.6) is 0 Å². The molecule has 1 atom stereocenters. The van der Waals surface area contributed by atoms with Gasteiger partial charge in [0.2, 0.25) is 5.91 Å². The van der Waals surface area contributed by atoms with E-state index in [-0.39, 0.29) is 12.3 Å². The molecule has 8 heteroatoms. The second-order valence-electron chi connectivity index (χ2n) is 7.59. The second-order valence-corrected chi connectivity index (χ2v) is 8.43. The van der Waals surface area contributed by atoms with Crippen molar-refractivity contribution < 1.29 is 18.7 Å². The highest BCUT2D eigenvalue weighted by Gasteiger charge is 2.41. The molecule has 0 radical (unpaired) electrons. The van der Waals surface area contributed by atoms with Gasteiger partial charge in [-0.2, -0.15) is 0 Å². The van der Waals surface area contributed by atoms with E-state index in [1.165, 1.54) is 31.0 Å². The van der Waals surface area contributed by atoms with Gasteiger partial charge in [-0.3, -0.25) is 4.79 Å². The number of benzene rings is 2. The molecule has 2 aromatic carbocycles. The largest absolute Gasteiger partial charge is 0.466 e. The van der Waals surface area contributed by atoms with Crippen LogP contribution in [0.2, 0.25) is 0 Å². The van der Waals surface area contributed by atoms with E-state index in [9.17, 15) is 14.0 Å². The van der Waals surface area contributed by atoms with E-state index >= 15 is 0 Å². The van der Waals surface area contributed by atoms with E-state index in [1.54, 1.807) is 12.1 Å². The summed E-state index contributed by atoms with van der Waals surface area (Å²) in [6, 6.07) is 15.1. The zero-order valence-corrected chi connectivity index (χ0v) is 19.2. The first-order chi connectivity index (χ1) is 16.0. The van der Waals surface area contributed by atoms with Gasteiger partial charge in [-0.05, 0) is 35.1 Å². The number of rotatable bonds is 7. The van der Waals surface area contributed by atoms with Crippen molar-refractivity contribution in [2.24, 2.45) is 4.99 Å². The fourth-order valence-corrected chi connectivity index (χ4v) is 4.87. The highest BCUT2D eigenvalue weighted by atomic mass is 32.2. The third-order valence-corrected chi connectivity index (χ3v) is 6.36. The molecule has 0 aromatic heterocycles. The molecular weight excluding hydrogens is 441 g/mol. The summed E-state index contributed by atoms with van der Waals surface area (Å²) in [4.78, 5) is 32.1. The monoisotopic (exact) mass is 465 g/mol. The molecule has 2 aliphatic heterocycles. The van der Waals surface area contributed by atoms with Crippen molar-refractivity contribution in [3.63, 3.8) is 0 Å². The van der Waals surface area contributed by atoms with E-state index in [0.717, 1.165) is 5.56 Å². The van der Waals surface area contributed by atoms with Crippen LogP contribution in [0.1, 0.15) is 36.9 Å². The lowest BCUT2D eigenvalue weighted by Gasteiger charge is -2.36. The Hall–Kier alpha value is -3.39. The molecule has 0 saturated carbocycles. The molecule has 2 heterocycles. The van der Waals surface area contributed by atoms with Crippen LogP contribution in [-0.2, 0) is 20.9 Å². The summed E-state index contributed by atoms with van der Waals surface area (Å²) in [6.07, 6.45) is 0.613. The SMILES string of the molecule is CCC1=C(C(=O)OC)[C@@H](c2cccc(F)c2)N2C(CC(=O)NCc3ccccc3)=CSC2=N1. The minimum Gasteiger partial charge on any atom is -0.466 e. The van der Waals surface area contributed by atoms with E-state index < -0.39 is 17.8 Å². The number of allylic oxidation sites excluding steroid dienone is 1. The summed E-state index contributed by atoms with van der Waals surface area (Å²) in [5, 5.41) is 5.45. The number of amidine groups is 1. The zero-order valence-electron chi connectivity index (χ0n) is 18.4. The number of amides is 1. The number of nitrogens with zero attached hydrogens (tertiary/aromatic N) is 2. The average Bonchev–Trinajstić information content (AvgIpc) is 3.23. The lowest BCUT2D eigenvalue weighted by Crippen LogP contribution is -2.38. The van der Waals surface area contributed by atoms with Gasteiger partial charge >= 0.3 is 5.97 Å². The standard InChI is InChI=1S/C25H24FN3O3S/c1-3-20-22(24(31)32-2)23(17-10-7-11-18(26)12-17)29-19(15-33-25(29)28-20)13-21(30)27-14-16-8-5-4-6-9-16/h4-12,15,23H,3,13-14H2,1-2H3,(H,27,30)/t23-/m1/s1. The quantitative estimate of drug-likeness (QED) is 0.602. The summed E-state index contributed by atoms with van der Waals surface area (Å²) >= 11 is 1.39. The molecule has 0 fully saturated rings. The van der Waals surface area contributed by atoms with Crippen molar-refractivity contribution in [1.82, 2.24) is 10.2 Å². The molecule has 1 N–H and O–H groups in total. The minimum atomic E-state index is -0.640. The zero-order chi connectivity index (χ0) is 23.4. The Morgan fingerprint density at radius 2 is 1.97 bits per heavy atom. The van der Waals surface area contributed by atoms with E-state index in [0.29, 0.717) is 40.7 Å². The van der Waals surface area contributed by atoms with Gasteiger partial charge in [-0.25, -0.2) is 14.2 Å². The van der Waals surface area contributed by atoms with Gasteiger partial charge in [-0.1, -0.05) is 61.2 Å². The molecule has 6 nitrogen and oxygen atoms in total. The summed E-state index contributed by atoms with van der Waals surface area (Å²) in [5.74, 6) is -1.08. The maximum atomic E-state index is 14.2. The lowest BCUT2D eigenvalue weighted by molar-refractivity contribution is -0.136. The van der Waals surface area contributed by atoms with Crippen LogP contribution in [0.15, 0.2) is 82.0 Å². The number of ether oxygens (including phenoxy) is 1. The number of halogens is 1. The van der Waals surface area contributed by atoms with Crippen molar-refractivity contribution in [1.29, 1.82) is 0 Å². The predicted octanol–water partition coefficient (Wildman–Crippen LogP) is 4.67. The van der Waals surface area contributed by atoms with Crippen LogP contribution in [0.4, 0.5) is 4.39 Å². The molecule has 4 rings (SSSR count). The third-order valence-electron chi connectivity index (χ3n) is 5.47. The molecule has 2 aromatic rings. The van der Waals surface area contributed by atoms with Crippen LogP contribution in [0, 0.1) is 5.82 Å². The van der Waals surface area contributed by atoms with Crippen LogP contribution >= 0.6 is 11.8 Å². The molecule has 0 spiro atoms. The number of carbonyl (C=O) groups is 2. The summed E-state index contributed by atoms with van der Waals surface area (Å²) in [5.41, 5.74) is 3.23. The summed E-state index contributed by atoms with van der Waals surface area (Å²) in [6.45, 7) is 2.33. The number of methoxy groups -OCH3 is 1. The number of thioether (sulfide) groups is 1. The molecule has 0 bridgehead atoms. The second kappa shape index (κ2) is 10.0. The van der Waals surface area contributed by atoms with Gasteiger partial charge in [0, 0.05) is 12.2 Å². The molecule has 1 amide bonds. The Labute approximate surface area is 196 Å². The molecule has 170 valence electrons. The highest BCUT2D eigenvalue weighted by Crippen LogP contribution is 2.45. The topological polar surface area (TPSA) is 71.0 Å². The van der Waals surface area contributed by atoms with Gasteiger partial charge in [-0.15, -0.1) is 0 Å². The first-order valence-corrected chi connectivity index (χ1v) is 11.5. The van der Waals surface area contributed by atoms with Crippen molar-refractivity contribution in [3.8, 4) is 0 Å². The normalized spacial score (nSPS) is 17.3. The first kappa shape index (κ1) is 22.8. The van der Waals surface area contributed by atoms with Crippen molar-refractivity contribution in [2.45, 2.75) is 32.4 Å². The van der Waals surface area contributed by atoms with Gasteiger partial charge in [0.1, 0.15) is 5.82 Å². The van der Waals surface area contributed by atoms with Crippen LogP contribution < -0.4 is 5.32 Å². The maximum absolute atomic E-state index is 14.2. The minimum absolute atomic E-state index is 0.0978. The van der Waals surface area contributed by atoms with E-state index in [1.807, 2.05) is 47.6 Å². The Morgan fingerprint density at radius 1 is 1.18 bits per heavy atom. The number of hydrogen-bond donors (Lipinski definition) is 1. The third kappa shape index (κ3) is 4.85. The Kier molecular flexibility index (Phi) is 6.93. The number of carbonyl (C=O) groups excluding carboxylic acids is 2. The number of nitrogens with one attached hydrogen (secondary N) is 1.